The van der Waals surface area contributed by atoms with Crippen molar-refractivity contribution in [3.63, 3.8) is 0 Å². The minimum atomic E-state index is -4.37. The van der Waals surface area contributed by atoms with Crippen molar-refractivity contribution in [3.8, 4) is 15.6 Å². The van der Waals surface area contributed by atoms with Gasteiger partial charge in [0.05, 0.1) is 4.88 Å². The predicted octanol–water partition coefficient (Wildman–Crippen LogP) is 4.74. The fourth-order valence-electron chi connectivity index (χ4n) is 2.03. The predicted molar refractivity (Wildman–Crippen MR) is 94.6 cm³/mol. The average molecular weight is 398 g/mol. The van der Waals surface area contributed by atoms with Gasteiger partial charge in [-0.05, 0) is 29.1 Å². The number of halogens is 3. The van der Waals surface area contributed by atoms with Gasteiger partial charge in [0.25, 0.3) is 5.91 Å². The molecule has 0 radical (unpaired) electrons. The van der Waals surface area contributed by atoms with Crippen LogP contribution in [0.15, 0.2) is 47.2 Å². The number of nitrogens with zero attached hydrogens (tertiary/aromatic N) is 1. The van der Waals surface area contributed by atoms with Crippen LogP contribution in [0.25, 0.3) is 9.88 Å². The van der Waals surface area contributed by atoms with Crippen LogP contribution in [0.2, 0.25) is 0 Å². The summed E-state index contributed by atoms with van der Waals surface area (Å²) in [5.41, 5.74) is 1.08. The van der Waals surface area contributed by atoms with E-state index in [-0.39, 0.29) is 18.2 Å². The Labute approximate surface area is 155 Å². The van der Waals surface area contributed by atoms with Gasteiger partial charge in [-0.15, -0.1) is 22.7 Å². The SMILES string of the molecule is O=C(NCc1ccc(OCC(F)(F)F)cc1)c1csc(-c2cccs2)n1. The molecule has 0 aliphatic heterocycles. The monoisotopic (exact) mass is 398 g/mol. The maximum atomic E-state index is 12.2. The van der Waals surface area contributed by atoms with Crippen molar-refractivity contribution in [1.82, 2.24) is 10.3 Å². The molecule has 9 heteroatoms. The molecule has 1 aromatic carbocycles. The third-order valence-corrected chi connectivity index (χ3v) is 5.13. The van der Waals surface area contributed by atoms with Gasteiger partial charge in [0.1, 0.15) is 16.5 Å². The molecule has 2 heterocycles. The molecule has 3 aromatic rings. The summed E-state index contributed by atoms with van der Waals surface area (Å²) >= 11 is 2.95. The summed E-state index contributed by atoms with van der Waals surface area (Å²) in [6, 6.07) is 9.93. The van der Waals surface area contributed by atoms with Crippen molar-refractivity contribution in [3.05, 3.63) is 58.4 Å². The van der Waals surface area contributed by atoms with Crippen LogP contribution < -0.4 is 10.1 Å². The number of rotatable bonds is 6. The van der Waals surface area contributed by atoms with Gasteiger partial charge in [-0.3, -0.25) is 4.79 Å². The zero-order valence-electron chi connectivity index (χ0n) is 13.2. The van der Waals surface area contributed by atoms with E-state index in [0.29, 0.717) is 5.69 Å². The molecular formula is C17H13F3N2O2S2. The minimum Gasteiger partial charge on any atom is -0.484 e. The first-order valence-electron chi connectivity index (χ1n) is 7.47. The van der Waals surface area contributed by atoms with E-state index in [1.807, 2.05) is 17.5 Å². The first kappa shape index (κ1) is 18.4. The summed E-state index contributed by atoms with van der Waals surface area (Å²) in [6.45, 7) is -1.09. The van der Waals surface area contributed by atoms with E-state index in [2.05, 4.69) is 15.0 Å². The molecule has 0 atom stereocenters. The fourth-order valence-corrected chi connectivity index (χ4v) is 3.65. The molecule has 3 rings (SSSR count). The highest BCUT2D eigenvalue weighted by Gasteiger charge is 2.28. The molecule has 136 valence electrons. The maximum absolute atomic E-state index is 12.2. The quantitative estimate of drug-likeness (QED) is 0.652. The van der Waals surface area contributed by atoms with Gasteiger partial charge in [0.15, 0.2) is 6.61 Å². The zero-order chi connectivity index (χ0) is 18.6. The highest BCUT2D eigenvalue weighted by atomic mass is 32.1. The Bertz CT molecular complexity index is 859. The van der Waals surface area contributed by atoms with Gasteiger partial charge in [-0.25, -0.2) is 4.98 Å². The smallest absolute Gasteiger partial charge is 0.422 e. The van der Waals surface area contributed by atoms with Crippen LogP contribution in [0.1, 0.15) is 16.1 Å². The van der Waals surface area contributed by atoms with Gasteiger partial charge in [-0.1, -0.05) is 18.2 Å². The number of nitrogens with one attached hydrogen (secondary N) is 1. The van der Waals surface area contributed by atoms with E-state index in [4.69, 9.17) is 0 Å². The number of thiophene rings is 1. The lowest BCUT2D eigenvalue weighted by Crippen LogP contribution is -2.23. The highest BCUT2D eigenvalue weighted by molar-refractivity contribution is 7.20. The lowest BCUT2D eigenvalue weighted by Gasteiger charge is -2.09. The zero-order valence-corrected chi connectivity index (χ0v) is 14.9. The summed E-state index contributed by atoms with van der Waals surface area (Å²) in [5.74, 6) is -0.182. The molecule has 26 heavy (non-hydrogen) atoms. The largest absolute Gasteiger partial charge is 0.484 e. The van der Waals surface area contributed by atoms with Crippen LogP contribution in [-0.4, -0.2) is 23.7 Å². The van der Waals surface area contributed by atoms with Gasteiger partial charge >= 0.3 is 6.18 Å². The van der Waals surface area contributed by atoms with E-state index in [0.717, 1.165) is 15.4 Å². The first-order chi connectivity index (χ1) is 12.4. The number of benzene rings is 1. The number of aromatic nitrogens is 1. The van der Waals surface area contributed by atoms with Crippen LogP contribution >= 0.6 is 22.7 Å². The van der Waals surface area contributed by atoms with Crippen LogP contribution in [0.5, 0.6) is 5.75 Å². The molecule has 0 saturated heterocycles. The number of hydrogen-bond acceptors (Lipinski definition) is 5. The van der Waals surface area contributed by atoms with Crippen molar-refractivity contribution < 1.29 is 22.7 Å². The molecule has 0 unspecified atom stereocenters. The number of alkyl halides is 3. The van der Waals surface area contributed by atoms with Gasteiger partial charge in [0.2, 0.25) is 0 Å². The van der Waals surface area contributed by atoms with Crippen molar-refractivity contribution >= 4 is 28.6 Å². The second kappa shape index (κ2) is 7.88. The first-order valence-corrected chi connectivity index (χ1v) is 9.23. The van der Waals surface area contributed by atoms with Crippen molar-refractivity contribution in [1.29, 1.82) is 0 Å². The third-order valence-electron chi connectivity index (χ3n) is 3.25. The summed E-state index contributed by atoms with van der Waals surface area (Å²) in [6.07, 6.45) is -4.37. The van der Waals surface area contributed by atoms with E-state index >= 15 is 0 Å². The number of thiazole rings is 1. The molecule has 0 saturated carbocycles. The van der Waals surface area contributed by atoms with Crippen LogP contribution in [0, 0.1) is 0 Å². The average Bonchev–Trinajstić information content (AvgIpc) is 3.29. The summed E-state index contributed by atoms with van der Waals surface area (Å²) in [7, 11) is 0. The molecule has 4 nitrogen and oxygen atoms in total. The van der Waals surface area contributed by atoms with E-state index in [9.17, 15) is 18.0 Å². The van der Waals surface area contributed by atoms with Gasteiger partial charge < -0.3 is 10.1 Å². The Morgan fingerprint density at radius 2 is 1.92 bits per heavy atom. The lowest BCUT2D eigenvalue weighted by atomic mass is 10.2. The van der Waals surface area contributed by atoms with E-state index in [1.165, 1.54) is 23.5 Å². The van der Waals surface area contributed by atoms with Crippen LogP contribution in [0.4, 0.5) is 13.2 Å². The Hall–Kier alpha value is -2.39. The lowest BCUT2D eigenvalue weighted by molar-refractivity contribution is -0.153. The van der Waals surface area contributed by atoms with Crippen molar-refractivity contribution in [2.45, 2.75) is 12.7 Å². The maximum Gasteiger partial charge on any atom is 0.422 e. The van der Waals surface area contributed by atoms with Crippen LogP contribution in [-0.2, 0) is 6.54 Å². The standard InChI is InChI=1S/C17H13F3N2O2S2/c18-17(19,20)10-24-12-5-3-11(4-6-12)8-21-15(23)13-9-26-16(22-13)14-2-1-7-25-14/h1-7,9H,8,10H2,(H,21,23). The number of carbonyl (C=O) groups excluding carboxylic acids is 1. The molecule has 0 aliphatic rings. The number of amides is 1. The van der Waals surface area contributed by atoms with E-state index < -0.39 is 12.8 Å². The fraction of sp³-hybridized carbons (Fsp3) is 0.176. The topological polar surface area (TPSA) is 51.2 Å². The van der Waals surface area contributed by atoms with Crippen LogP contribution in [0.3, 0.4) is 0 Å². The van der Waals surface area contributed by atoms with Gasteiger partial charge in [-0.2, -0.15) is 13.2 Å². The Balaban J connectivity index is 1.53. The molecule has 0 bridgehead atoms. The molecule has 0 spiro atoms. The Morgan fingerprint density at radius 1 is 1.15 bits per heavy atom. The molecule has 2 aromatic heterocycles. The number of carbonyl (C=O) groups is 1. The van der Waals surface area contributed by atoms with Crippen molar-refractivity contribution in [2.75, 3.05) is 6.61 Å². The second-order valence-corrected chi connectivity index (χ2v) is 7.05. The highest BCUT2D eigenvalue weighted by Crippen LogP contribution is 2.27. The third kappa shape index (κ3) is 5.06. The molecule has 0 aliphatic carbocycles. The number of hydrogen-bond donors (Lipinski definition) is 1. The number of ether oxygens (including phenoxy) is 1. The Morgan fingerprint density at radius 3 is 2.58 bits per heavy atom. The van der Waals surface area contributed by atoms with E-state index in [1.54, 1.807) is 28.8 Å². The molecule has 1 amide bonds. The summed E-state index contributed by atoms with van der Waals surface area (Å²) in [4.78, 5) is 17.5. The second-order valence-electron chi connectivity index (χ2n) is 5.25. The molecule has 0 fully saturated rings. The van der Waals surface area contributed by atoms with Crippen molar-refractivity contribution in [2.24, 2.45) is 0 Å². The summed E-state index contributed by atoms with van der Waals surface area (Å²) < 4.78 is 41.0. The molecular weight excluding hydrogens is 385 g/mol. The van der Waals surface area contributed by atoms with Gasteiger partial charge in [0, 0.05) is 11.9 Å². The summed E-state index contributed by atoms with van der Waals surface area (Å²) in [5, 5.41) is 7.16. The normalized spacial score (nSPS) is 11.3. The molecule has 1 N–H and O–H groups in total. The minimum absolute atomic E-state index is 0.123. The Kier molecular flexibility index (Phi) is 5.58.